The zero-order valence-corrected chi connectivity index (χ0v) is 12.4. The molecular formula is C16H17F3N2O. The van der Waals surface area contributed by atoms with Crippen LogP contribution in [0.4, 0.5) is 13.2 Å². The van der Waals surface area contributed by atoms with Gasteiger partial charge in [-0.05, 0) is 29.5 Å². The molecule has 1 N–H and O–H groups in total. The van der Waals surface area contributed by atoms with Crippen LogP contribution in [0.25, 0.3) is 0 Å². The lowest BCUT2D eigenvalue weighted by atomic mass is 9.68. The first-order valence-corrected chi connectivity index (χ1v) is 7.21. The highest BCUT2D eigenvalue weighted by Gasteiger charge is 2.46. The molecule has 3 rings (SSSR count). The van der Waals surface area contributed by atoms with Gasteiger partial charge in [0.05, 0.1) is 23.2 Å². The number of hydrogen-bond donors (Lipinski definition) is 1. The molecule has 0 aromatic heterocycles. The molecule has 2 atom stereocenters. The Morgan fingerprint density at radius 3 is 2.45 bits per heavy atom. The molecule has 1 aliphatic heterocycles. The van der Waals surface area contributed by atoms with Crippen LogP contribution in [0.15, 0.2) is 29.4 Å². The molecule has 0 bridgehead atoms. The second-order valence-corrected chi connectivity index (χ2v) is 6.80. The van der Waals surface area contributed by atoms with E-state index in [0.717, 1.165) is 18.6 Å². The number of hydrogen-bond acceptors (Lipinski definition) is 3. The van der Waals surface area contributed by atoms with Gasteiger partial charge in [-0.25, -0.2) is 0 Å². The van der Waals surface area contributed by atoms with Crippen LogP contribution in [0.5, 0.6) is 0 Å². The largest absolute Gasteiger partial charge is 0.416 e. The Morgan fingerprint density at radius 2 is 1.86 bits per heavy atom. The van der Waals surface area contributed by atoms with Crippen molar-refractivity contribution in [3.63, 3.8) is 0 Å². The van der Waals surface area contributed by atoms with Gasteiger partial charge in [-0.1, -0.05) is 26.0 Å². The van der Waals surface area contributed by atoms with Gasteiger partial charge in [0.1, 0.15) is 5.78 Å². The van der Waals surface area contributed by atoms with E-state index < -0.39 is 11.7 Å². The van der Waals surface area contributed by atoms with Gasteiger partial charge in [0.2, 0.25) is 0 Å². The van der Waals surface area contributed by atoms with E-state index in [1.165, 1.54) is 12.1 Å². The van der Waals surface area contributed by atoms with E-state index in [2.05, 4.69) is 10.5 Å². The fraction of sp³-hybridized carbons (Fsp3) is 0.500. The van der Waals surface area contributed by atoms with Gasteiger partial charge >= 0.3 is 6.18 Å². The molecule has 2 aliphatic rings. The van der Waals surface area contributed by atoms with Crippen LogP contribution < -0.4 is 5.43 Å². The summed E-state index contributed by atoms with van der Waals surface area (Å²) in [5.74, 6) is -0.255. The number of benzene rings is 1. The van der Waals surface area contributed by atoms with E-state index in [4.69, 9.17) is 0 Å². The Labute approximate surface area is 126 Å². The van der Waals surface area contributed by atoms with Crippen molar-refractivity contribution in [1.82, 2.24) is 5.43 Å². The Balaban J connectivity index is 1.86. The van der Waals surface area contributed by atoms with Gasteiger partial charge in [-0.3, -0.25) is 4.79 Å². The summed E-state index contributed by atoms with van der Waals surface area (Å²) in [6.45, 7) is 4.08. The first-order valence-electron chi connectivity index (χ1n) is 7.21. The third-order valence-corrected chi connectivity index (χ3v) is 4.33. The summed E-state index contributed by atoms with van der Waals surface area (Å²) in [5, 5.41) is 4.22. The highest BCUT2D eigenvalue weighted by atomic mass is 19.4. The number of nitrogens with zero attached hydrogens (tertiary/aromatic N) is 1. The third-order valence-electron chi connectivity index (χ3n) is 4.33. The molecule has 0 saturated heterocycles. The SMILES string of the molecule is CC1(C)CC(=O)[C@H]2C(c3ccc(C(F)(F)F)cc3)=NN[C@H]2C1. The molecule has 1 aliphatic carbocycles. The Kier molecular flexibility index (Phi) is 3.30. The van der Waals surface area contributed by atoms with Crippen molar-refractivity contribution in [2.75, 3.05) is 0 Å². The van der Waals surface area contributed by atoms with Crippen molar-refractivity contribution in [3.8, 4) is 0 Å². The molecule has 0 unspecified atom stereocenters. The average molecular weight is 310 g/mol. The monoisotopic (exact) mass is 310 g/mol. The van der Waals surface area contributed by atoms with Crippen LogP contribution in [-0.4, -0.2) is 17.5 Å². The van der Waals surface area contributed by atoms with E-state index >= 15 is 0 Å². The van der Waals surface area contributed by atoms with Crippen molar-refractivity contribution in [2.24, 2.45) is 16.4 Å². The second-order valence-electron chi connectivity index (χ2n) is 6.80. The van der Waals surface area contributed by atoms with E-state index in [1.54, 1.807) is 0 Å². The number of fused-ring (bicyclic) bond motifs is 1. The number of nitrogens with one attached hydrogen (secondary N) is 1. The molecule has 1 aromatic carbocycles. The normalized spacial score (nSPS) is 27.1. The molecule has 118 valence electrons. The molecule has 22 heavy (non-hydrogen) atoms. The quantitative estimate of drug-likeness (QED) is 0.864. The zero-order valence-electron chi connectivity index (χ0n) is 12.4. The van der Waals surface area contributed by atoms with Crippen LogP contribution in [0.1, 0.15) is 37.8 Å². The van der Waals surface area contributed by atoms with Crippen LogP contribution in [0, 0.1) is 11.3 Å². The third kappa shape index (κ3) is 2.62. The predicted molar refractivity (Wildman–Crippen MR) is 76.4 cm³/mol. The van der Waals surface area contributed by atoms with E-state index in [0.29, 0.717) is 17.7 Å². The van der Waals surface area contributed by atoms with Crippen molar-refractivity contribution in [3.05, 3.63) is 35.4 Å². The minimum Gasteiger partial charge on any atom is -0.306 e. The predicted octanol–water partition coefficient (Wildman–Crippen LogP) is 3.39. The van der Waals surface area contributed by atoms with Crippen molar-refractivity contribution in [2.45, 2.75) is 38.9 Å². The number of rotatable bonds is 1. The maximum atomic E-state index is 12.6. The average Bonchev–Trinajstić information content (AvgIpc) is 2.80. The van der Waals surface area contributed by atoms with Crippen molar-refractivity contribution in [1.29, 1.82) is 0 Å². The Morgan fingerprint density at radius 1 is 1.23 bits per heavy atom. The molecule has 0 amide bonds. The summed E-state index contributed by atoms with van der Waals surface area (Å²) >= 11 is 0. The molecule has 0 spiro atoms. The van der Waals surface area contributed by atoms with Crippen LogP contribution in [-0.2, 0) is 11.0 Å². The van der Waals surface area contributed by atoms with Crippen molar-refractivity contribution < 1.29 is 18.0 Å². The molecule has 0 radical (unpaired) electrons. The van der Waals surface area contributed by atoms with E-state index in [-0.39, 0.29) is 23.2 Å². The van der Waals surface area contributed by atoms with Gasteiger partial charge in [0.15, 0.2) is 0 Å². The smallest absolute Gasteiger partial charge is 0.306 e. The summed E-state index contributed by atoms with van der Waals surface area (Å²) in [4.78, 5) is 12.4. The Hall–Kier alpha value is -1.85. The summed E-state index contributed by atoms with van der Waals surface area (Å²) in [7, 11) is 0. The summed E-state index contributed by atoms with van der Waals surface area (Å²) in [6.07, 6.45) is -3.08. The molecular weight excluding hydrogens is 293 g/mol. The maximum Gasteiger partial charge on any atom is 0.416 e. The number of alkyl halides is 3. The van der Waals surface area contributed by atoms with Crippen molar-refractivity contribution >= 4 is 11.5 Å². The number of halogens is 3. The summed E-state index contributed by atoms with van der Waals surface area (Å²) in [5.41, 5.74) is 3.34. The second kappa shape index (κ2) is 4.83. The number of Topliss-reactive ketones (excluding diaryl/α,β-unsaturated/α-hetero) is 1. The summed E-state index contributed by atoms with van der Waals surface area (Å²) < 4.78 is 37.8. The highest BCUT2D eigenvalue weighted by molar-refractivity contribution is 6.15. The number of carbonyl (C=O) groups is 1. The lowest BCUT2D eigenvalue weighted by Crippen LogP contribution is -2.45. The van der Waals surface area contributed by atoms with E-state index in [1.807, 2.05) is 13.8 Å². The fourth-order valence-corrected chi connectivity index (χ4v) is 3.35. The van der Waals surface area contributed by atoms with Crippen LogP contribution in [0.2, 0.25) is 0 Å². The Bertz CT molecular complexity index is 632. The highest BCUT2D eigenvalue weighted by Crippen LogP contribution is 2.39. The molecule has 1 heterocycles. The van der Waals surface area contributed by atoms with Crippen LogP contribution in [0.3, 0.4) is 0 Å². The molecule has 1 fully saturated rings. The fourth-order valence-electron chi connectivity index (χ4n) is 3.35. The van der Waals surface area contributed by atoms with E-state index in [9.17, 15) is 18.0 Å². The van der Waals surface area contributed by atoms with Gasteiger partial charge in [-0.15, -0.1) is 0 Å². The van der Waals surface area contributed by atoms with Gasteiger partial charge < -0.3 is 5.43 Å². The molecule has 6 heteroatoms. The zero-order chi connectivity index (χ0) is 16.1. The summed E-state index contributed by atoms with van der Waals surface area (Å²) in [6, 6.07) is 4.77. The number of hydrazone groups is 1. The lowest BCUT2D eigenvalue weighted by Gasteiger charge is -2.36. The van der Waals surface area contributed by atoms with Gasteiger partial charge in [0.25, 0.3) is 0 Å². The minimum atomic E-state index is -4.36. The van der Waals surface area contributed by atoms with Crippen LogP contribution >= 0.6 is 0 Å². The van der Waals surface area contributed by atoms with Gasteiger partial charge in [-0.2, -0.15) is 18.3 Å². The van der Waals surface area contributed by atoms with Gasteiger partial charge in [0, 0.05) is 6.42 Å². The first kappa shape index (κ1) is 15.1. The number of ketones is 1. The molecule has 3 nitrogen and oxygen atoms in total. The molecule has 1 saturated carbocycles. The lowest BCUT2D eigenvalue weighted by molar-refractivity contribution is -0.137. The number of carbonyl (C=O) groups excluding carboxylic acids is 1. The topological polar surface area (TPSA) is 41.5 Å². The maximum absolute atomic E-state index is 12.6. The minimum absolute atomic E-state index is 0.0615. The first-order chi connectivity index (χ1) is 10.2. The molecule has 1 aromatic rings. The standard InChI is InChI=1S/C16H17F3N2O/c1-15(2)7-11-13(12(22)8-15)14(21-20-11)9-3-5-10(6-4-9)16(17,18)19/h3-6,11,13,20H,7-8H2,1-2H3/t11-,13-/m0/s1.